The van der Waals surface area contributed by atoms with Crippen molar-refractivity contribution in [2.24, 2.45) is 0 Å². The van der Waals surface area contributed by atoms with Crippen molar-refractivity contribution < 1.29 is 14.6 Å². The van der Waals surface area contributed by atoms with E-state index in [4.69, 9.17) is 15.1 Å². The molecule has 5 heteroatoms. The summed E-state index contributed by atoms with van der Waals surface area (Å²) < 4.78 is 7.21. The lowest BCUT2D eigenvalue weighted by molar-refractivity contribution is -0.132. The van der Waals surface area contributed by atoms with Gasteiger partial charge in [0, 0.05) is 18.5 Å². The highest BCUT2D eigenvalue weighted by molar-refractivity contribution is 5.96. The van der Waals surface area contributed by atoms with Crippen LogP contribution in [0.25, 0.3) is 6.08 Å². The summed E-state index contributed by atoms with van der Waals surface area (Å²) >= 11 is 0. The van der Waals surface area contributed by atoms with Crippen molar-refractivity contribution >= 4 is 12.0 Å². The number of aliphatic carboxylic acids is 1. The molecule has 0 aliphatic carbocycles. The maximum Gasteiger partial charge on any atom is 0.346 e. The third-order valence-corrected chi connectivity index (χ3v) is 3.02. The number of aryl methyl sites for hydroxylation is 1. The van der Waals surface area contributed by atoms with Crippen LogP contribution >= 0.6 is 0 Å². The number of aromatic nitrogens is 1. The number of carbonyl (C=O) groups is 1. The monoisotopic (exact) mass is 262 g/mol. The van der Waals surface area contributed by atoms with Crippen molar-refractivity contribution in [2.75, 3.05) is 13.7 Å². The second kappa shape index (κ2) is 6.21. The zero-order chi connectivity index (χ0) is 14.6. The molecule has 0 radical (unpaired) electrons. The number of carboxylic acids is 1. The molecule has 0 fully saturated rings. The third kappa shape index (κ3) is 3.24. The SMILES string of the molecule is COCC(C)n1c(C)cc(/C=C(/C#N)C(=O)O)c1C. The van der Waals surface area contributed by atoms with Crippen LogP contribution in [0.4, 0.5) is 0 Å². The number of hydrogen-bond donors (Lipinski definition) is 1. The second-order valence-corrected chi connectivity index (χ2v) is 4.48. The Labute approximate surface area is 112 Å². The van der Waals surface area contributed by atoms with Gasteiger partial charge in [-0.2, -0.15) is 5.26 Å². The average Bonchev–Trinajstić information content (AvgIpc) is 2.61. The Kier molecular flexibility index (Phi) is 4.90. The predicted octanol–water partition coefficient (Wildman–Crippen LogP) is 2.30. The molecule has 1 aromatic rings. The van der Waals surface area contributed by atoms with Crippen LogP contribution in [0.1, 0.15) is 29.9 Å². The van der Waals surface area contributed by atoms with E-state index in [1.54, 1.807) is 13.2 Å². The molecule has 1 aromatic heterocycles. The number of carboxylic acid groups (broad SMARTS) is 1. The van der Waals surface area contributed by atoms with Crippen molar-refractivity contribution in [3.05, 3.63) is 28.6 Å². The predicted molar refractivity (Wildman–Crippen MR) is 71.7 cm³/mol. The summed E-state index contributed by atoms with van der Waals surface area (Å²) in [6.45, 7) is 6.45. The van der Waals surface area contributed by atoms with Gasteiger partial charge < -0.3 is 14.4 Å². The molecule has 102 valence electrons. The van der Waals surface area contributed by atoms with Crippen molar-refractivity contribution in [3.8, 4) is 6.07 Å². The Morgan fingerprint density at radius 2 is 2.26 bits per heavy atom. The molecule has 1 atom stereocenters. The minimum absolute atomic E-state index is 0.155. The highest BCUT2D eigenvalue weighted by Crippen LogP contribution is 2.22. The fourth-order valence-corrected chi connectivity index (χ4v) is 2.24. The van der Waals surface area contributed by atoms with Gasteiger partial charge in [0.1, 0.15) is 11.6 Å². The van der Waals surface area contributed by atoms with E-state index in [1.807, 2.05) is 26.8 Å². The molecule has 0 aliphatic heterocycles. The maximum atomic E-state index is 10.9. The molecule has 0 amide bonds. The largest absolute Gasteiger partial charge is 0.477 e. The fourth-order valence-electron chi connectivity index (χ4n) is 2.24. The Balaban J connectivity index is 3.24. The van der Waals surface area contributed by atoms with Crippen LogP contribution in [-0.4, -0.2) is 29.4 Å². The van der Waals surface area contributed by atoms with Crippen LogP contribution in [0.5, 0.6) is 0 Å². The Bertz CT molecular complexity index is 550. The standard InChI is InChI=1S/C14H18N2O3/c1-9-5-12(6-13(7-15)14(17)18)11(3)16(9)10(2)8-19-4/h5-6,10H,8H2,1-4H3,(H,17,18)/b13-6-. The number of nitrogens with zero attached hydrogens (tertiary/aromatic N) is 2. The van der Waals surface area contributed by atoms with Gasteiger partial charge in [-0.1, -0.05) is 0 Å². The van der Waals surface area contributed by atoms with Gasteiger partial charge in [-0.3, -0.25) is 0 Å². The zero-order valence-electron chi connectivity index (χ0n) is 11.6. The highest BCUT2D eigenvalue weighted by Gasteiger charge is 2.15. The van der Waals surface area contributed by atoms with Crippen LogP contribution in [-0.2, 0) is 9.53 Å². The smallest absolute Gasteiger partial charge is 0.346 e. The Morgan fingerprint density at radius 3 is 2.74 bits per heavy atom. The summed E-state index contributed by atoms with van der Waals surface area (Å²) in [5.41, 5.74) is 2.42. The first-order valence-electron chi connectivity index (χ1n) is 5.94. The molecule has 0 spiro atoms. The zero-order valence-corrected chi connectivity index (χ0v) is 11.6. The van der Waals surface area contributed by atoms with Gasteiger partial charge in [0.05, 0.1) is 12.6 Å². The minimum Gasteiger partial charge on any atom is -0.477 e. The number of rotatable bonds is 5. The summed E-state index contributed by atoms with van der Waals surface area (Å²) in [4.78, 5) is 10.9. The third-order valence-electron chi connectivity index (χ3n) is 3.02. The van der Waals surface area contributed by atoms with Gasteiger partial charge in [-0.15, -0.1) is 0 Å². The van der Waals surface area contributed by atoms with Crippen LogP contribution in [0.2, 0.25) is 0 Å². The Hall–Kier alpha value is -2.06. The van der Waals surface area contributed by atoms with Gasteiger partial charge in [-0.05, 0) is 38.5 Å². The van der Waals surface area contributed by atoms with Gasteiger partial charge in [0.2, 0.25) is 0 Å². The molecule has 0 aromatic carbocycles. The number of ether oxygens (including phenoxy) is 1. The summed E-state index contributed by atoms with van der Waals surface area (Å²) in [6.07, 6.45) is 1.40. The minimum atomic E-state index is -1.21. The molecular weight excluding hydrogens is 244 g/mol. The topological polar surface area (TPSA) is 75.2 Å². The molecule has 1 N–H and O–H groups in total. The number of methoxy groups -OCH3 is 1. The van der Waals surface area contributed by atoms with Gasteiger partial charge in [0.15, 0.2) is 0 Å². The Morgan fingerprint density at radius 1 is 1.63 bits per heavy atom. The molecule has 0 bridgehead atoms. The summed E-state index contributed by atoms with van der Waals surface area (Å²) in [7, 11) is 1.64. The van der Waals surface area contributed by atoms with Crippen molar-refractivity contribution in [3.63, 3.8) is 0 Å². The molecular formula is C14H18N2O3. The molecule has 19 heavy (non-hydrogen) atoms. The lowest BCUT2D eigenvalue weighted by atomic mass is 10.1. The molecule has 0 saturated carbocycles. The molecule has 0 aliphatic rings. The summed E-state index contributed by atoms with van der Waals surface area (Å²) in [6, 6.07) is 3.72. The van der Waals surface area contributed by atoms with Gasteiger partial charge in [-0.25, -0.2) is 4.79 Å². The number of hydrogen-bond acceptors (Lipinski definition) is 3. The summed E-state index contributed by atoms with van der Waals surface area (Å²) in [5.74, 6) is -1.21. The van der Waals surface area contributed by atoms with E-state index in [0.717, 1.165) is 17.0 Å². The van der Waals surface area contributed by atoms with E-state index in [9.17, 15) is 4.79 Å². The van der Waals surface area contributed by atoms with Gasteiger partial charge in [0.25, 0.3) is 0 Å². The van der Waals surface area contributed by atoms with Gasteiger partial charge >= 0.3 is 5.97 Å². The fraction of sp³-hybridized carbons (Fsp3) is 0.429. The van der Waals surface area contributed by atoms with Crippen LogP contribution < -0.4 is 0 Å². The van der Waals surface area contributed by atoms with E-state index in [0.29, 0.717) is 6.61 Å². The second-order valence-electron chi connectivity index (χ2n) is 4.48. The highest BCUT2D eigenvalue weighted by atomic mass is 16.5. The molecule has 1 heterocycles. The quantitative estimate of drug-likeness (QED) is 0.652. The lowest BCUT2D eigenvalue weighted by Crippen LogP contribution is -2.13. The molecule has 1 rings (SSSR count). The van der Waals surface area contributed by atoms with E-state index >= 15 is 0 Å². The van der Waals surface area contributed by atoms with Crippen molar-refractivity contribution in [2.45, 2.75) is 26.8 Å². The molecule has 1 unspecified atom stereocenters. The molecule has 5 nitrogen and oxygen atoms in total. The van der Waals surface area contributed by atoms with E-state index in [1.165, 1.54) is 6.08 Å². The van der Waals surface area contributed by atoms with E-state index in [-0.39, 0.29) is 11.6 Å². The van der Waals surface area contributed by atoms with Crippen molar-refractivity contribution in [1.82, 2.24) is 4.57 Å². The first-order valence-corrected chi connectivity index (χ1v) is 5.94. The first kappa shape index (κ1) is 15.0. The lowest BCUT2D eigenvalue weighted by Gasteiger charge is -2.17. The van der Waals surface area contributed by atoms with Crippen LogP contribution in [0.3, 0.4) is 0 Å². The summed E-state index contributed by atoms with van der Waals surface area (Å²) in [5, 5.41) is 17.7. The van der Waals surface area contributed by atoms with Crippen molar-refractivity contribution in [1.29, 1.82) is 5.26 Å². The van der Waals surface area contributed by atoms with Crippen LogP contribution in [0.15, 0.2) is 11.6 Å². The van der Waals surface area contributed by atoms with E-state index < -0.39 is 5.97 Å². The maximum absolute atomic E-state index is 10.9. The normalized spacial score (nSPS) is 13.1. The number of nitriles is 1. The average molecular weight is 262 g/mol. The van der Waals surface area contributed by atoms with E-state index in [2.05, 4.69) is 4.57 Å². The molecule has 0 saturated heterocycles. The van der Waals surface area contributed by atoms with Crippen LogP contribution in [0, 0.1) is 25.2 Å². The first-order chi connectivity index (χ1) is 8.92.